The molecule has 0 aromatic carbocycles. The van der Waals surface area contributed by atoms with Crippen LogP contribution in [0.25, 0.3) is 0 Å². The first-order valence-electron chi connectivity index (χ1n) is 7.35. The third-order valence-electron chi connectivity index (χ3n) is 3.01. The van der Waals surface area contributed by atoms with E-state index in [1.807, 2.05) is 20.8 Å². The maximum absolute atomic E-state index is 11.6. The quantitative estimate of drug-likeness (QED) is 0.707. The van der Waals surface area contributed by atoms with Gasteiger partial charge in [0.1, 0.15) is 5.60 Å². The van der Waals surface area contributed by atoms with Gasteiger partial charge >= 0.3 is 6.09 Å². The summed E-state index contributed by atoms with van der Waals surface area (Å²) >= 11 is 0. The highest BCUT2D eigenvalue weighted by Gasteiger charge is 2.15. The molecule has 0 aliphatic carbocycles. The smallest absolute Gasteiger partial charge is 0.407 e. The molecule has 5 nitrogen and oxygen atoms in total. The number of nitrogens with one attached hydrogen (secondary N) is 2. The lowest BCUT2D eigenvalue weighted by molar-refractivity contribution is -0.121. The maximum Gasteiger partial charge on any atom is 0.407 e. The summed E-state index contributed by atoms with van der Waals surface area (Å²) in [6.07, 6.45) is 0.591. The second-order valence-electron chi connectivity index (χ2n) is 6.56. The summed E-state index contributed by atoms with van der Waals surface area (Å²) in [5.74, 6) is 1.06. The van der Waals surface area contributed by atoms with E-state index in [4.69, 9.17) is 4.74 Å². The molecule has 0 saturated heterocycles. The molecule has 5 heteroatoms. The molecule has 0 radical (unpaired) electrons. The first-order chi connectivity index (χ1) is 9.11. The summed E-state index contributed by atoms with van der Waals surface area (Å²) in [5.41, 5.74) is -0.492. The van der Waals surface area contributed by atoms with Crippen molar-refractivity contribution in [3.8, 4) is 0 Å². The number of ether oxygens (including phenoxy) is 1. The van der Waals surface area contributed by atoms with Crippen LogP contribution in [0.5, 0.6) is 0 Å². The van der Waals surface area contributed by atoms with Crippen LogP contribution in [0.2, 0.25) is 0 Å². The van der Waals surface area contributed by atoms with Gasteiger partial charge in [0.25, 0.3) is 0 Å². The summed E-state index contributed by atoms with van der Waals surface area (Å²) in [5, 5.41) is 5.54. The number of carbonyl (C=O) groups is 2. The molecule has 118 valence electrons. The van der Waals surface area contributed by atoms with Crippen LogP contribution in [0.3, 0.4) is 0 Å². The van der Waals surface area contributed by atoms with Crippen LogP contribution >= 0.6 is 0 Å². The van der Waals surface area contributed by atoms with E-state index in [-0.39, 0.29) is 5.91 Å². The third-order valence-corrected chi connectivity index (χ3v) is 3.01. The van der Waals surface area contributed by atoms with Gasteiger partial charge in [0.2, 0.25) is 5.91 Å². The second kappa shape index (κ2) is 8.82. The normalized spacial score (nSPS) is 12.9. The topological polar surface area (TPSA) is 67.4 Å². The van der Waals surface area contributed by atoms with Crippen molar-refractivity contribution in [1.82, 2.24) is 10.6 Å². The molecule has 1 unspecified atom stereocenters. The van der Waals surface area contributed by atoms with Gasteiger partial charge in [0.15, 0.2) is 0 Å². The van der Waals surface area contributed by atoms with Gasteiger partial charge in [-0.1, -0.05) is 20.8 Å². The Kier molecular flexibility index (Phi) is 8.26. The van der Waals surface area contributed by atoms with Crippen LogP contribution in [0, 0.1) is 11.8 Å². The first-order valence-corrected chi connectivity index (χ1v) is 7.35. The molecule has 0 saturated carbocycles. The van der Waals surface area contributed by atoms with Crippen molar-refractivity contribution < 1.29 is 14.3 Å². The molecule has 2 amide bonds. The van der Waals surface area contributed by atoms with Crippen LogP contribution in [0.1, 0.15) is 54.4 Å². The zero-order chi connectivity index (χ0) is 15.8. The highest BCUT2D eigenvalue weighted by molar-refractivity contribution is 5.75. The van der Waals surface area contributed by atoms with Crippen molar-refractivity contribution in [3.05, 3.63) is 0 Å². The molecule has 0 rings (SSSR count). The van der Waals surface area contributed by atoms with E-state index in [0.717, 1.165) is 0 Å². The van der Waals surface area contributed by atoms with E-state index < -0.39 is 11.7 Å². The molecule has 0 fully saturated rings. The van der Waals surface area contributed by atoms with E-state index in [1.54, 1.807) is 0 Å². The molecule has 0 spiro atoms. The average Bonchev–Trinajstić information content (AvgIpc) is 2.29. The van der Waals surface area contributed by atoms with Crippen molar-refractivity contribution >= 4 is 12.0 Å². The highest BCUT2D eigenvalue weighted by atomic mass is 16.6. The number of amides is 2. The molecule has 1 atom stereocenters. The van der Waals surface area contributed by atoms with E-state index in [0.29, 0.717) is 37.8 Å². The van der Waals surface area contributed by atoms with Gasteiger partial charge in [-0.15, -0.1) is 0 Å². The number of alkyl carbamates (subject to hydrolysis) is 1. The van der Waals surface area contributed by atoms with Crippen molar-refractivity contribution in [2.24, 2.45) is 11.8 Å². The van der Waals surface area contributed by atoms with Crippen molar-refractivity contribution in [2.75, 3.05) is 13.1 Å². The highest BCUT2D eigenvalue weighted by Crippen LogP contribution is 2.08. The number of hydrogen-bond acceptors (Lipinski definition) is 3. The summed E-state index contributed by atoms with van der Waals surface area (Å²) < 4.78 is 5.10. The van der Waals surface area contributed by atoms with Gasteiger partial charge in [-0.25, -0.2) is 4.79 Å². The van der Waals surface area contributed by atoms with Crippen LogP contribution in [0.4, 0.5) is 4.79 Å². The molecular weight excluding hydrogens is 256 g/mol. The van der Waals surface area contributed by atoms with Crippen LogP contribution < -0.4 is 10.6 Å². The predicted molar refractivity (Wildman–Crippen MR) is 80.5 cm³/mol. The monoisotopic (exact) mass is 286 g/mol. The number of rotatable bonds is 7. The molecule has 0 heterocycles. The second-order valence-corrected chi connectivity index (χ2v) is 6.56. The lowest BCUT2D eigenvalue weighted by Gasteiger charge is -2.19. The Morgan fingerprint density at radius 2 is 1.70 bits per heavy atom. The Hall–Kier alpha value is -1.26. The minimum absolute atomic E-state index is 0.0310. The van der Waals surface area contributed by atoms with Gasteiger partial charge in [0.05, 0.1) is 0 Å². The molecule has 0 aliphatic heterocycles. The zero-order valence-corrected chi connectivity index (χ0v) is 13.7. The van der Waals surface area contributed by atoms with E-state index in [2.05, 4.69) is 31.4 Å². The molecule has 2 N–H and O–H groups in total. The number of hydrogen-bond donors (Lipinski definition) is 2. The van der Waals surface area contributed by atoms with Crippen molar-refractivity contribution in [3.63, 3.8) is 0 Å². The van der Waals surface area contributed by atoms with Crippen LogP contribution in [-0.4, -0.2) is 30.7 Å². The fourth-order valence-electron chi connectivity index (χ4n) is 1.35. The average molecular weight is 286 g/mol. The lowest BCUT2D eigenvalue weighted by Crippen LogP contribution is -2.34. The van der Waals surface area contributed by atoms with E-state index in [9.17, 15) is 9.59 Å². The van der Waals surface area contributed by atoms with Gasteiger partial charge in [-0.3, -0.25) is 4.79 Å². The fourth-order valence-corrected chi connectivity index (χ4v) is 1.35. The zero-order valence-electron chi connectivity index (χ0n) is 13.7. The Balaban J connectivity index is 3.65. The fraction of sp³-hybridized carbons (Fsp3) is 0.867. The van der Waals surface area contributed by atoms with Gasteiger partial charge in [-0.05, 0) is 39.0 Å². The summed E-state index contributed by atoms with van der Waals surface area (Å²) in [6.45, 7) is 13.0. The maximum atomic E-state index is 11.6. The van der Waals surface area contributed by atoms with Crippen molar-refractivity contribution in [1.29, 1.82) is 0 Å². The van der Waals surface area contributed by atoms with Crippen molar-refractivity contribution in [2.45, 2.75) is 60.0 Å². The number of carbonyl (C=O) groups excluding carboxylic acids is 2. The summed E-state index contributed by atoms with van der Waals surface area (Å²) in [7, 11) is 0. The molecule has 0 aromatic rings. The molecule has 20 heavy (non-hydrogen) atoms. The van der Waals surface area contributed by atoms with E-state index in [1.165, 1.54) is 0 Å². The van der Waals surface area contributed by atoms with Gasteiger partial charge < -0.3 is 15.4 Å². The first kappa shape index (κ1) is 18.7. The largest absolute Gasteiger partial charge is 0.444 e. The van der Waals surface area contributed by atoms with Crippen LogP contribution in [0.15, 0.2) is 0 Å². The Labute approximate surface area is 122 Å². The standard InChI is InChI=1S/C15H30N2O3/c1-11(2)12(3)10-17-13(18)8-7-9-16-14(19)20-15(4,5)6/h11-12H,7-10H2,1-6H3,(H,16,19)(H,17,18). The van der Waals surface area contributed by atoms with Crippen LogP contribution in [-0.2, 0) is 9.53 Å². The minimum Gasteiger partial charge on any atom is -0.444 e. The SMILES string of the molecule is CC(C)C(C)CNC(=O)CCCNC(=O)OC(C)(C)C. The summed E-state index contributed by atoms with van der Waals surface area (Å²) in [6, 6.07) is 0. The molecule has 0 aliphatic rings. The molecule has 0 bridgehead atoms. The predicted octanol–water partition coefficient (Wildman–Crippen LogP) is 2.70. The third kappa shape index (κ3) is 10.6. The van der Waals surface area contributed by atoms with Gasteiger partial charge in [-0.2, -0.15) is 0 Å². The Morgan fingerprint density at radius 1 is 1.10 bits per heavy atom. The van der Waals surface area contributed by atoms with Gasteiger partial charge in [0, 0.05) is 19.5 Å². The minimum atomic E-state index is -0.492. The molecule has 0 aromatic heterocycles. The Bertz CT molecular complexity index is 309. The Morgan fingerprint density at radius 3 is 2.20 bits per heavy atom. The van der Waals surface area contributed by atoms with E-state index >= 15 is 0 Å². The lowest BCUT2D eigenvalue weighted by atomic mass is 9.98. The molecular formula is C15H30N2O3. The summed E-state index contributed by atoms with van der Waals surface area (Å²) in [4.78, 5) is 22.9.